The van der Waals surface area contributed by atoms with Crippen molar-refractivity contribution in [1.82, 2.24) is 5.32 Å². The van der Waals surface area contributed by atoms with Gasteiger partial charge in [-0.2, -0.15) is 0 Å². The Labute approximate surface area is 111 Å². The quantitative estimate of drug-likeness (QED) is 0.652. The Hall–Kier alpha value is -2.37. The van der Waals surface area contributed by atoms with Gasteiger partial charge < -0.3 is 10.1 Å². The summed E-state index contributed by atoms with van der Waals surface area (Å²) in [5, 5.41) is 13.1. The molecule has 0 saturated carbocycles. The summed E-state index contributed by atoms with van der Waals surface area (Å²) in [5.41, 5.74) is 1.60. The van der Waals surface area contributed by atoms with Gasteiger partial charge in [0.05, 0.1) is 7.11 Å². The topological polar surface area (TPSA) is 81.5 Å². The Balaban J connectivity index is 2.87. The largest absolute Gasteiger partial charge is 0.453 e. The highest BCUT2D eigenvalue weighted by atomic mass is 16.6. The van der Waals surface area contributed by atoms with Gasteiger partial charge in [-0.05, 0) is 18.1 Å². The number of hydrogen-bond donors (Lipinski definition) is 1. The molecule has 0 aliphatic heterocycles. The average molecular weight is 264 g/mol. The van der Waals surface area contributed by atoms with Crippen molar-refractivity contribution in [3.63, 3.8) is 0 Å². The number of carbonyl (C=O) groups excluding carboxylic acids is 1. The number of nitrogens with one attached hydrogen (secondary N) is 1. The maximum Gasteiger partial charge on any atom is 0.407 e. The molecule has 0 heterocycles. The van der Waals surface area contributed by atoms with Crippen molar-refractivity contribution in [2.45, 2.75) is 13.0 Å². The molecule has 0 fully saturated rings. The minimum Gasteiger partial charge on any atom is -0.453 e. The molecule has 0 radical (unpaired) electrons. The van der Waals surface area contributed by atoms with E-state index >= 15 is 0 Å². The fourth-order valence-corrected chi connectivity index (χ4v) is 1.57. The van der Waals surface area contributed by atoms with Crippen molar-refractivity contribution in [2.75, 3.05) is 13.7 Å². The highest BCUT2D eigenvalue weighted by Crippen LogP contribution is 2.10. The molecule has 0 aliphatic rings. The third kappa shape index (κ3) is 5.20. The van der Waals surface area contributed by atoms with Gasteiger partial charge in [0, 0.05) is 4.92 Å². The summed E-state index contributed by atoms with van der Waals surface area (Å²) < 4.78 is 4.46. The first-order valence-electron chi connectivity index (χ1n) is 5.72. The van der Waals surface area contributed by atoms with Crippen LogP contribution in [0.5, 0.6) is 0 Å². The number of hydrogen-bond acceptors (Lipinski definition) is 4. The van der Waals surface area contributed by atoms with Gasteiger partial charge in [-0.1, -0.05) is 36.4 Å². The Morgan fingerprint density at radius 3 is 2.63 bits per heavy atom. The molecule has 0 bridgehead atoms. The van der Waals surface area contributed by atoms with Gasteiger partial charge in [0.2, 0.25) is 6.54 Å². The third-order valence-corrected chi connectivity index (χ3v) is 2.55. The van der Waals surface area contributed by atoms with Crippen LogP contribution in [0.15, 0.2) is 35.9 Å². The van der Waals surface area contributed by atoms with Crippen LogP contribution in [0.2, 0.25) is 0 Å². The van der Waals surface area contributed by atoms with E-state index in [0.29, 0.717) is 5.57 Å². The molecule has 6 nitrogen and oxygen atoms in total. The Morgan fingerprint density at radius 2 is 2.11 bits per heavy atom. The van der Waals surface area contributed by atoms with Gasteiger partial charge in [0.1, 0.15) is 6.04 Å². The van der Waals surface area contributed by atoms with Crippen LogP contribution in [0, 0.1) is 10.1 Å². The number of methoxy groups -OCH3 is 1. The number of alkyl carbamates (subject to hydrolysis) is 1. The molecule has 1 atom stereocenters. The number of amides is 1. The average Bonchev–Trinajstić information content (AvgIpc) is 2.38. The van der Waals surface area contributed by atoms with Crippen LogP contribution in [0.1, 0.15) is 12.5 Å². The number of nitrogens with zero attached hydrogens (tertiary/aromatic N) is 1. The first-order chi connectivity index (χ1) is 9.02. The Morgan fingerprint density at radius 1 is 1.47 bits per heavy atom. The molecule has 0 saturated heterocycles. The van der Waals surface area contributed by atoms with E-state index in [1.807, 2.05) is 30.3 Å². The van der Waals surface area contributed by atoms with E-state index in [1.54, 1.807) is 13.0 Å². The molecule has 1 N–H and O–H groups in total. The molecular weight excluding hydrogens is 248 g/mol. The number of rotatable bonds is 5. The first kappa shape index (κ1) is 14.7. The maximum atomic E-state index is 11.2. The summed E-state index contributed by atoms with van der Waals surface area (Å²) >= 11 is 0. The van der Waals surface area contributed by atoms with Gasteiger partial charge in [-0.15, -0.1) is 0 Å². The monoisotopic (exact) mass is 264 g/mol. The second-order valence-corrected chi connectivity index (χ2v) is 4.00. The van der Waals surface area contributed by atoms with Crippen molar-refractivity contribution in [2.24, 2.45) is 0 Å². The summed E-state index contributed by atoms with van der Waals surface area (Å²) in [6, 6.07) is 8.69. The van der Waals surface area contributed by atoms with Crippen LogP contribution in [0.3, 0.4) is 0 Å². The highest BCUT2D eigenvalue weighted by molar-refractivity contribution is 5.68. The van der Waals surface area contributed by atoms with E-state index in [-0.39, 0.29) is 6.54 Å². The predicted octanol–water partition coefficient (Wildman–Crippen LogP) is 2.09. The van der Waals surface area contributed by atoms with Crippen LogP contribution in [0.4, 0.5) is 4.79 Å². The zero-order valence-electron chi connectivity index (χ0n) is 10.8. The number of carbonyl (C=O) groups is 1. The second kappa shape index (κ2) is 7.15. The Bertz CT molecular complexity index is 471. The minimum atomic E-state index is -0.692. The van der Waals surface area contributed by atoms with Gasteiger partial charge in [-0.25, -0.2) is 4.79 Å². The standard InChI is InChI=1S/C13H16N2O4/c1-10(8-11-6-4-3-5-7-11)12(9-15(17)18)14-13(16)19-2/h3-8,12H,9H2,1-2H3,(H,14,16)/b10-8+. The SMILES string of the molecule is COC(=O)NC(C[N+](=O)[O-])/C(C)=C/c1ccccc1. The molecule has 102 valence electrons. The normalized spacial score (nSPS) is 12.6. The van der Waals surface area contributed by atoms with Crippen LogP contribution in [0.25, 0.3) is 6.08 Å². The minimum absolute atomic E-state index is 0.385. The van der Waals surface area contributed by atoms with Crippen LogP contribution in [-0.4, -0.2) is 30.7 Å². The first-order valence-corrected chi connectivity index (χ1v) is 5.72. The lowest BCUT2D eigenvalue weighted by Gasteiger charge is -2.15. The van der Waals surface area contributed by atoms with Crippen LogP contribution >= 0.6 is 0 Å². The van der Waals surface area contributed by atoms with Crippen molar-refractivity contribution < 1.29 is 14.5 Å². The predicted molar refractivity (Wildman–Crippen MR) is 71.3 cm³/mol. The number of nitro groups is 1. The highest BCUT2D eigenvalue weighted by Gasteiger charge is 2.20. The lowest BCUT2D eigenvalue weighted by molar-refractivity contribution is -0.481. The summed E-state index contributed by atoms with van der Waals surface area (Å²) in [7, 11) is 1.22. The van der Waals surface area contributed by atoms with Gasteiger partial charge >= 0.3 is 6.09 Å². The van der Waals surface area contributed by atoms with E-state index < -0.39 is 17.1 Å². The second-order valence-electron chi connectivity index (χ2n) is 4.00. The van der Waals surface area contributed by atoms with Gasteiger partial charge in [0.25, 0.3) is 0 Å². The lowest BCUT2D eigenvalue weighted by Crippen LogP contribution is -2.40. The molecule has 1 aromatic rings. The molecule has 0 aliphatic carbocycles. The number of ether oxygens (including phenoxy) is 1. The summed E-state index contributed by atoms with van der Waals surface area (Å²) in [4.78, 5) is 21.3. The van der Waals surface area contributed by atoms with Crippen molar-refractivity contribution >= 4 is 12.2 Å². The molecule has 1 unspecified atom stereocenters. The number of benzene rings is 1. The molecular formula is C13H16N2O4. The van der Waals surface area contributed by atoms with Crippen LogP contribution in [-0.2, 0) is 4.74 Å². The lowest BCUT2D eigenvalue weighted by atomic mass is 10.1. The van der Waals surface area contributed by atoms with E-state index in [0.717, 1.165) is 5.56 Å². The van der Waals surface area contributed by atoms with E-state index in [9.17, 15) is 14.9 Å². The van der Waals surface area contributed by atoms with Crippen molar-refractivity contribution in [3.8, 4) is 0 Å². The molecule has 1 amide bonds. The molecule has 0 aromatic heterocycles. The maximum absolute atomic E-state index is 11.2. The van der Waals surface area contributed by atoms with E-state index in [2.05, 4.69) is 10.1 Å². The van der Waals surface area contributed by atoms with Crippen molar-refractivity contribution in [3.05, 3.63) is 51.6 Å². The fraction of sp³-hybridized carbons (Fsp3) is 0.308. The summed E-state index contributed by atoms with van der Waals surface area (Å²) in [6.07, 6.45) is 1.11. The van der Waals surface area contributed by atoms with Crippen LogP contribution < -0.4 is 5.32 Å². The van der Waals surface area contributed by atoms with Gasteiger partial charge in [-0.3, -0.25) is 10.1 Å². The van der Waals surface area contributed by atoms with Gasteiger partial charge in [0.15, 0.2) is 0 Å². The fourth-order valence-electron chi connectivity index (χ4n) is 1.57. The van der Waals surface area contributed by atoms with E-state index in [4.69, 9.17) is 0 Å². The van der Waals surface area contributed by atoms with E-state index in [1.165, 1.54) is 7.11 Å². The molecule has 19 heavy (non-hydrogen) atoms. The Kier molecular flexibility index (Phi) is 5.53. The van der Waals surface area contributed by atoms with Crippen molar-refractivity contribution in [1.29, 1.82) is 0 Å². The smallest absolute Gasteiger partial charge is 0.407 e. The summed E-state index contributed by atoms with van der Waals surface area (Å²) in [5.74, 6) is 0. The molecule has 1 aromatic carbocycles. The molecule has 0 spiro atoms. The molecule has 6 heteroatoms. The summed E-state index contributed by atoms with van der Waals surface area (Å²) in [6.45, 7) is 1.35. The zero-order valence-corrected chi connectivity index (χ0v) is 10.8. The zero-order chi connectivity index (χ0) is 14.3. The third-order valence-electron chi connectivity index (χ3n) is 2.55. The molecule has 1 rings (SSSR count).